The SMILES string of the molecule is CC(Nc1nnc(CCN)o1)c1ccncc1. The lowest BCUT2D eigenvalue weighted by Crippen LogP contribution is -2.06. The van der Waals surface area contributed by atoms with Crippen molar-refractivity contribution in [3.05, 3.63) is 36.0 Å². The van der Waals surface area contributed by atoms with E-state index in [-0.39, 0.29) is 6.04 Å². The molecule has 0 radical (unpaired) electrons. The van der Waals surface area contributed by atoms with Crippen molar-refractivity contribution >= 4 is 6.01 Å². The number of aromatic nitrogens is 3. The Balaban J connectivity index is 2.00. The quantitative estimate of drug-likeness (QED) is 0.804. The third kappa shape index (κ3) is 3.01. The number of hydrogen-bond acceptors (Lipinski definition) is 6. The van der Waals surface area contributed by atoms with Gasteiger partial charge in [0.25, 0.3) is 0 Å². The summed E-state index contributed by atoms with van der Waals surface area (Å²) in [5, 5.41) is 10.9. The van der Waals surface area contributed by atoms with Crippen LogP contribution in [0.2, 0.25) is 0 Å². The van der Waals surface area contributed by atoms with E-state index in [1.54, 1.807) is 12.4 Å². The first-order valence-corrected chi connectivity index (χ1v) is 5.48. The van der Waals surface area contributed by atoms with Crippen LogP contribution in [0, 0.1) is 0 Å². The largest absolute Gasteiger partial charge is 0.408 e. The Hall–Kier alpha value is -1.95. The van der Waals surface area contributed by atoms with Crippen molar-refractivity contribution in [3.63, 3.8) is 0 Å². The molecular formula is C11H15N5O. The standard InChI is InChI=1S/C11H15N5O/c1-8(9-3-6-13-7-4-9)14-11-16-15-10(17-11)2-5-12/h3-4,6-8H,2,5,12H2,1H3,(H,14,16). The van der Waals surface area contributed by atoms with Gasteiger partial charge < -0.3 is 15.5 Å². The van der Waals surface area contributed by atoms with Crippen LogP contribution in [0.1, 0.15) is 24.4 Å². The molecule has 6 nitrogen and oxygen atoms in total. The van der Waals surface area contributed by atoms with Crippen molar-refractivity contribution in [3.8, 4) is 0 Å². The van der Waals surface area contributed by atoms with E-state index in [1.807, 2.05) is 19.1 Å². The third-order valence-electron chi connectivity index (χ3n) is 2.37. The lowest BCUT2D eigenvalue weighted by Gasteiger charge is -2.11. The van der Waals surface area contributed by atoms with E-state index in [2.05, 4.69) is 20.5 Å². The molecule has 0 saturated heterocycles. The molecule has 6 heteroatoms. The van der Waals surface area contributed by atoms with Crippen molar-refractivity contribution in [2.45, 2.75) is 19.4 Å². The molecule has 0 bridgehead atoms. The summed E-state index contributed by atoms with van der Waals surface area (Å²) in [6, 6.07) is 4.38. The van der Waals surface area contributed by atoms with Gasteiger partial charge in [-0.1, -0.05) is 5.10 Å². The number of rotatable bonds is 5. The second-order valence-electron chi connectivity index (χ2n) is 3.69. The first-order chi connectivity index (χ1) is 8.29. The van der Waals surface area contributed by atoms with Crippen LogP contribution in [-0.4, -0.2) is 21.7 Å². The first-order valence-electron chi connectivity index (χ1n) is 5.48. The molecule has 0 aliphatic heterocycles. The molecule has 17 heavy (non-hydrogen) atoms. The van der Waals surface area contributed by atoms with Gasteiger partial charge in [-0.15, -0.1) is 5.10 Å². The normalized spacial score (nSPS) is 12.4. The smallest absolute Gasteiger partial charge is 0.315 e. The van der Waals surface area contributed by atoms with E-state index in [0.717, 1.165) is 5.56 Å². The summed E-state index contributed by atoms with van der Waals surface area (Å²) in [5.74, 6) is 0.553. The van der Waals surface area contributed by atoms with Crippen LogP contribution in [-0.2, 0) is 6.42 Å². The highest BCUT2D eigenvalue weighted by molar-refractivity contribution is 5.26. The molecule has 2 heterocycles. The van der Waals surface area contributed by atoms with Crippen LogP contribution in [0.5, 0.6) is 0 Å². The van der Waals surface area contributed by atoms with E-state index in [0.29, 0.717) is 24.9 Å². The van der Waals surface area contributed by atoms with Gasteiger partial charge >= 0.3 is 6.01 Å². The summed E-state index contributed by atoms with van der Waals surface area (Å²) >= 11 is 0. The van der Waals surface area contributed by atoms with Gasteiger partial charge in [0.1, 0.15) is 0 Å². The van der Waals surface area contributed by atoms with Crippen LogP contribution in [0.3, 0.4) is 0 Å². The van der Waals surface area contributed by atoms with E-state index in [1.165, 1.54) is 0 Å². The number of nitrogens with zero attached hydrogens (tertiary/aromatic N) is 3. The molecule has 0 aliphatic carbocycles. The fourth-order valence-corrected chi connectivity index (χ4v) is 1.46. The Morgan fingerprint density at radius 1 is 1.35 bits per heavy atom. The van der Waals surface area contributed by atoms with Crippen LogP contribution in [0.25, 0.3) is 0 Å². The summed E-state index contributed by atoms with van der Waals surface area (Å²) in [7, 11) is 0. The molecule has 2 aromatic heterocycles. The van der Waals surface area contributed by atoms with E-state index >= 15 is 0 Å². The van der Waals surface area contributed by atoms with Crippen molar-refractivity contribution in [1.29, 1.82) is 0 Å². The Morgan fingerprint density at radius 3 is 2.82 bits per heavy atom. The minimum absolute atomic E-state index is 0.0872. The van der Waals surface area contributed by atoms with Gasteiger partial charge in [0.05, 0.1) is 6.04 Å². The maximum atomic E-state index is 5.41. The van der Waals surface area contributed by atoms with E-state index in [9.17, 15) is 0 Å². The Labute approximate surface area is 99.3 Å². The lowest BCUT2D eigenvalue weighted by molar-refractivity contribution is 0.502. The molecule has 1 atom stereocenters. The second kappa shape index (κ2) is 5.40. The van der Waals surface area contributed by atoms with E-state index in [4.69, 9.17) is 10.2 Å². The molecular weight excluding hydrogens is 218 g/mol. The lowest BCUT2D eigenvalue weighted by atomic mass is 10.1. The molecule has 2 aromatic rings. The summed E-state index contributed by atoms with van der Waals surface area (Å²) in [5.41, 5.74) is 6.52. The van der Waals surface area contributed by atoms with Crippen molar-refractivity contribution in [2.24, 2.45) is 5.73 Å². The Bertz CT molecular complexity index is 456. The van der Waals surface area contributed by atoms with Crippen molar-refractivity contribution in [1.82, 2.24) is 15.2 Å². The highest BCUT2D eigenvalue weighted by Crippen LogP contribution is 2.17. The van der Waals surface area contributed by atoms with Gasteiger partial charge in [0.15, 0.2) is 0 Å². The number of nitrogens with one attached hydrogen (secondary N) is 1. The van der Waals surface area contributed by atoms with Crippen LogP contribution in [0.15, 0.2) is 28.9 Å². The minimum Gasteiger partial charge on any atom is -0.408 e. The van der Waals surface area contributed by atoms with Gasteiger partial charge in [-0.3, -0.25) is 4.98 Å². The van der Waals surface area contributed by atoms with E-state index < -0.39 is 0 Å². The second-order valence-corrected chi connectivity index (χ2v) is 3.69. The number of pyridine rings is 1. The Kier molecular flexibility index (Phi) is 3.66. The average molecular weight is 233 g/mol. The maximum Gasteiger partial charge on any atom is 0.315 e. The highest BCUT2D eigenvalue weighted by atomic mass is 16.4. The van der Waals surface area contributed by atoms with Crippen LogP contribution >= 0.6 is 0 Å². The fraction of sp³-hybridized carbons (Fsp3) is 0.364. The topological polar surface area (TPSA) is 89.9 Å². The molecule has 0 fully saturated rings. The molecule has 90 valence electrons. The summed E-state index contributed by atoms with van der Waals surface area (Å²) in [4.78, 5) is 3.97. The average Bonchev–Trinajstić information content (AvgIpc) is 2.78. The van der Waals surface area contributed by atoms with Gasteiger partial charge in [-0.05, 0) is 24.6 Å². The van der Waals surface area contributed by atoms with Gasteiger partial charge in [0.2, 0.25) is 5.89 Å². The highest BCUT2D eigenvalue weighted by Gasteiger charge is 2.09. The molecule has 0 aliphatic rings. The van der Waals surface area contributed by atoms with Crippen molar-refractivity contribution in [2.75, 3.05) is 11.9 Å². The molecule has 0 saturated carbocycles. The molecule has 0 aromatic carbocycles. The molecule has 2 rings (SSSR count). The molecule has 3 N–H and O–H groups in total. The Morgan fingerprint density at radius 2 is 2.12 bits per heavy atom. The fourth-order valence-electron chi connectivity index (χ4n) is 1.46. The predicted octanol–water partition coefficient (Wildman–Crippen LogP) is 1.14. The maximum absolute atomic E-state index is 5.41. The zero-order valence-corrected chi connectivity index (χ0v) is 9.63. The summed E-state index contributed by atoms with van der Waals surface area (Å²) < 4.78 is 5.39. The zero-order valence-electron chi connectivity index (χ0n) is 9.63. The third-order valence-corrected chi connectivity index (χ3v) is 2.37. The summed E-state index contributed by atoms with van der Waals surface area (Å²) in [6.45, 7) is 2.52. The monoisotopic (exact) mass is 233 g/mol. The zero-order chi connectivity index (χ0) is 12.1. The number of anilines is 1. The number of nitrogens with two attached hydrogens (primary N) is 1. The van der Waals surface area contributed by atoms with Gasteiger partial charge in [-0.25, -0.2) is 0 Å². The number of hydrogen-bond donors (Lipinski definition) is 2. The molecule has 1 unspecified atom stereocenters. The minimum atomic E-state index is 0.0872. The molecule has 0 spiro atoms. The first kappa shape index (κ1) is 11.5. The van der Waals surface area contributed by atoms with Gasteiger partial charge in [0, 0.05) is 25.4 Å². The predicted molar refractivity (Wildman–Crippen MR) is 63.3 cm³/mol. The molecule has 0 amide bonds. The van der Waals surface area contributed by atoms with Crippen LogP contribution in [0.4, 0.5) is 6.01 Å². The summed E-state index contributed by atoms with van der Waals surface area (Å²) in [6.07, 6.45) is 4.10. The van der Waals surface area contributed by atoms with Crippen molar-refractivity contribution < 1.29 is 4.42 Å². The van der Waals surface area contributed by atoms with Crippen LogP contribution < -0.4 is 11.1 Å². The van der Waals surface area contributed by atoms with Gasteiger partial charge in [-0.2, -0.15) is 0 Å².